The van der Waals surface area contributed by atoms with E-state index in [4.69, 9.17) is 15.8 Å². The smallest absolute Gasteiger partial charge is 0.339 e. The summed E-state index contributed by atoms with van der Waals surface area (Å²) in [5.74, 6) is 0.268. The van der Waals surface area contributed by atoms with Crippen molar-refractivity contribution in [2.24, 2.45) is 10.2 Å². The Hall–Kier alpha value is -2.36. The van der Waals surface area contributed by atoms with Gasteiger partial charge < -0.3 is 9.50 Å². The van der Waals surface area contributed by atoms with E-state index in [1.54, 1.807) is 18.2 Å². The van der Waals surface area contributed by atoms with Crippen molar-refractivity contribution in [3.05, 3.63) is 59.1 Å². The van der Waals surface area contributed by atoms with Gasteiger partial charge in [-0.2, -0.15) is 13.5 Å². The van der Waals surface area contributed by atoms with Gasteiger partial charge >= 0.3 is 10.1 Å². The van der Waals surface area contributed by atoms with Crippen molar-refractivity contribution in [3.63, 3.8) is 0 Å². The Morgan fingerprint density at radius 3 is 2.58 bits per heavy atom. The quantitative estimate of drug-likeness (QED) is 0.465. The molecule has 0 saturated carbocycles. The van der Waals surface area contributed by atoms with Crippen LogP contribution < -0.4 is 9.50 Å². The number of rotatable bonds is 5. The molecule has 10 heteroatoms. The van der Waals surface area contributed by atoms with Crippen molar-refractivity contribution in [1.29, 1.82) is 0 Å². The number of thioether (sulfide) groups is 1. The summed E-state index contributed by atoms with van der Waals surface area (Å²) in [6.07, 6.45) is 1.35. The summed E-state index contributed by atoms with van der Waals surface area (Å²) in [5, 5.41) is 11.1. The van der Waals surface area contributed by atoms with Gasteiger partial charge in [0.15, 0.2) is 10.9 Å². The van der Waals surface area contributed by atoms with Crippen LogP contribution in [0.2, 0.25) is 5.02 Å². The van der Waals surface area contributed by atoms with E-state index in [1.807, 2.05) is 0 Å². The molecule has 1 heterocycles. The average Bonchev–Trinajstić information content (AvgIpc) is 3.02. The van der Waals surface area contributed by atoms with E-state index >= 15 is 0 Å². The number of hydrogen-bond acceptors (Lipinski definition) is 7. The molecule has 0 spiro atoms. The summed E-state index contributed by atoms with van der Waals surface area (Å²) in [5.41, 5.74) is 0.420. The van der Waals surface area contributed by atoms with Gasteiger partial charge in [-0.3, -0.25) is 4.79 Å². The molecule has 2 aromatic carbocycles. The lowest BCUT2D eigenvalue weighted by Gasteiger charge is -2.09. The first-order valence-electron chi connectivity index (χ1n) is 7.27. The number of amidine groups is 1. The Labute approximate surface area is 159 Å². The van der Waals surface area contributed by atoms with Gasteiger partial charge in [-0.15, -0.1) is 5.10 Å². The zero-order chi connectivity index (χ0) is 18.6. The predicted molar refractivity (Wildman–Crippen MR) is 101 cm³/mol. The Morgan fingerprint density at radius 1 is 1.15 bits per heavy atom. The first kappa shape index (κ1) is 18.4. The monoisotopic (exact) mass is 409 g/mol. The highest BCUT2D eigenvalue weighted by Gasteiger charge is 2.18. The Morgan fingerprint density at radius 2 is 1.88 bits per heavy atom. The number of amides is 1. The topological polar surface area (TPSA) is 97.2 Å². The number of benzene rings is 2. The molecule has 7 nitrogen and oxygen atoms in total. The Balaban J connectivity index is 1.81. The first-order chi connectivity index (χ1) is 12.4. The van der Waals surface area contributed by atoms with Gasteiger partial charge in [-0.1, -0.05) is 35.5 Å². The molecule has 1 fully saturated rings. The predicted octanol–water partition coefficient (Wildman–Crippen LogP) is 2.66. The molecule has 1 saturated heterocycles. The summed E-state index contributed by atoms with van der Waals surface area (Å²) >= 11 is 7.01. The zero-order valence-electron chi connectivity index (χ0n) is 13.1. The molecule has 3 rings (SSSR count). The highest BCUT2D eigenvalue weighted by Crippen LogP contribution is 2.23. The van der Waals surface area contributed by atoms with Crippen molar-refractivity contribution in [3.8, 4) is 5.75 Å². The van der Waals surface area contributed by atoms with E-state index < -0.39 is 10.1 Å². The summed E-state index contributed by atoms with van der Waals surface area (Å²) < 4.78 is 30.0. The molecule has 0 unspecified atom stereocenters. The van der Waals surface area contributed by atoms with Crippen LogP contribution in [0.15, 0.2) is 63.6 Å². The van der Waals surface area contributed by atoms with Crippen LogP contribution in [0.25, 0.3) is 0 Å². The van der Waals surface area contributed by atoms with E-state index in [9.17, 15) is 13.2 Å². The fourth-order valence-corrected chi connectivity index (χ4v) is 3.66. The number of carbonyl (C=O) groups excluding carboxylic acids is 1. The fraction of sp³-hybridized carbons (Fsp3) is 0.0625. The van der Waals surface area contributed by atoms with Crippen LogP contribution in [0.5, 0.6) is 5.75 Å². The van der Waals surface area contributed by atoms with Gasteiger partial charge in [0.25, 0.3) is 0 Å². The maximum atomic E-state index is 12.4. The van der Waals surface area contributed by atoms with E-state index in [-0.39, 0.29) is 16.6 Å². The molecule has 0 aromatic heterocycles. The second kappa shape index (κ2) is 7.90. The molecule has 0 atom stereocenters. The number of nitrogens with one attached hydrogen (secondary N) is 1. The van der Waals surface area contributed by atoms with Gasteiger partial charge in [0, 0.05) is 10.6 Å². The van der Waals surface area contributed by atoms with Gasteiger partial charge in [0.2, 0.25) is 5.91 Å². The fourth-order valence-electron chi connectivity index (χ4n) is 1.95. The Kier molecular flexibility index (Phi) is 5.60. The second-order valence-electron chi connectivity index (χ2n) is 5.02. The standard InChI is InChI=1S/C16H12ClN3O4S2/c17-12-5-7-13(8-6-12)26(22,23)24-14-4-2-1-3-11(14)9-18-20-16-19-15(21)10-25-16/h1-9H,10H2,(H,19,20,21)/b18-9+. The van der Waals surface area contributed by atoms with Gasteiger partial charge in [0.1, 0.15) is 4.90 Å². The number of carbonyl (C=O) groups is 1. The summed E-state index contributed by atoms with van der Waals surface area (Å²) in [6.45, 7) is 0. The lowest BCUT2D eigenvalue weighted by atomic mass is 10.2. The van der Waals surface area contributed by atoms with E-state index in [2.05, 4.69) is 15.5 Å². The minimum absolute atomic E-state index is 0.0149. The largest absolute Gasteiger partial charge is 0.378 e. The second-order valence-corrected chi connectivity index (χ2v) is 7.96. The minimum atomic E-state index is -4.02. The van der Waals surface area contributed by atoms with Crippen LogP contribution in [0.4, 0.5) is 0 Å². The van der Waals surface area contributed by atoms with Crippen molar-refractivity contribution in [2.75, 3.05) is 5.75 Å². The molecular formula is C16H12ClN3O4S2. The van der Waals surface area contributed by atoms with Crippen LogP contribution in [-0.4, -0.2) is 31.5 Å². The molecule has 0 bridgehead atoms. The van der Waals surface area contributed by atoms with Crippen molar-refractivity contribution < 1.29 is 17.4 Å². The highest BCUT2D eigenvalue weighted by atomic mass is 35.5. The maximum Gasteiger partial charge on any atom is 0.339 e. The molecule has 26 heavy (non-hydrogen) atoms. The van der Waals surface area contributed by atoms with Gasteiger partial charge in [-0.05, 0) is 36.4 Å². The zero-order valence-corrected chi connectivity index (χ0v) is 15.5. The summed E-state index contributed by atoms with van der Waals surface area (Å²) in [7, 11) is -4.02. The van der Waals surface area contributed by atoms with Crippen LogP contribution in [-0.2, 0) is 14.9 Å². The van der Waals surface area contributed by atoms with Crippen LogP contribution in [0, 0.1) is 0 Å². The third kappa shape index (κ3) is 4.63. The molecule has 134 valence electrons. The number of hydrogen-bond donors (Lipinski definition) is 1. The lowest BCUT2D eigenvalue weighted by molar-refractivity contribution is -0.116. The average molecular weight is 410 g/mol. The first-order valence-corrected chi connectivity index (χ1v) is 10.0. The highest BCUT2D eigenvalue weighted by molar-refractivity contribution is 8.15. The third-order valence-corrected chi connectivity index (χ3v) is 5.52. The van der Waals surface area contributed by atoms with Crippen molar-refractivity contribution in [1.82, 2.24) is 5.32 Å². The molecule has 1 N–H and O–H groups in total. The summed E-state index contributed by atoms with van der Waals surface area (Å²) in [6, 6.07) is 12.2. The van der Waals surface area contributed by atoms with Crippen LogP contribution in [0.3, 0.4) is 0 Å². The van der Waals surface area contributed by atoms with Gasteiger partial charge in [-0.25, -0.2) is 0 Å². The third-order valence-electron chi connectivity index (χ3n) is 3.15. The molecule has 2 aromatic rings. The maximum absolute atomic E-state index is 12.4. The molecule has 1 aliphatic heterocycles. The summed E-state index contributed by atoms with van der Waals surface area (Å²) in [4.78, 5) is 11.1. The van der Waals surface area contributed by atoms with E-state index in [1.165, 1.54) is 48.3 Å². The molecule has 0 aliphatic carbocycles. The molecule has 0 radical (unpaired) electrons. The van der Waals surface area contributed by atoms with E-state index in [0.29, 0.717) is 21.5 Å². The SMILES string of the molecule is O=C1CS/C(=N/N=C/c2ccccc2OS(=O)(=O)c2ccc(Cl)cc2)N1. The number of para-hydroxylation sites is 1. The lowest BCUT2D eigenvalue weighted by Crippen LogP contribution is -2.19. The Bertz CT molecular complexity index is 989. The van der Waals surface area contributed by atoms with Crippen molar-refractivity contribution in [2.45, 2.75) is 4.90 Å². The van der Waals surface area contributed by atoms with Crippen LogP contribution in [0.1, 0.15) is 5.56 Å². The van der Waals surface area contributed by atoms with E-state index in [0.717, 1.165) is 0 Å². The normalized spacial score (nSPS) is 16.2. The van der Waals surface area contributed by atoms with Gasteiger partial charge in [0.05, 0.1) is 12.0 Å². The molecule has 1 aliphatic rings. The molecular weight excluding hydrogens is 398 g/mol. The van der Waals surface area contributed by atoms with Crippen LogP contribution >= 0.6 is 23.4 Å². The number of nitrogens with zero attached hydrogens (tertiary/aromatic N) is 2. The van der Waals surface area contributed by atoms with Crippen molar-refractivity contribution >= 4 is 50.8 Å². The minimum Gasteiger partial charge on any atom is -0.378 e. The number of halogens is 1. The molecule has 1 amide bonds.